The fourth-order valence-corrected chi connectivity index (χ4v) is 8.21. The first kappa shape index (κ1) is 25.7. The second-order valence-corrected chi connectivity index (χ2v) is 12.6. The van der Waals surface area contributed by atoms with Crippen molar-refractivity contribution in [2.45, 2.75) is 36.4 Å². The van der Waals surface area contributed by atoms with Crippen molar-refractivity contribution >= 4 is 26.6 Å². The minimum Gasteiger partial charge on any atom is -0.382 e. The standard InChI is InChI=1S/C32H34N3O3S/c1-2-23-21-35(22-25-10-6-9-15-31(25)39(37,38)34-26-11-4-3-5-12-26)19-17-24(23)20-30(35)32(36)28-16-18-33-29-14-8-7-13-27(28)29/h2-16,18,23-24,30,32,34,36H,1,17,19-22H2/q+1/t23?,24?,30-,32+,35?/m0/s1. The average molecular weight is 541 g/mol. The first-order valence-corrected chi connectivity index (χ1v) is 15.0. The van der Waals surface area contributed by atoms with Crippen LogP contribution in [0.4, 0.5) is 5.69 Å². The van der Waals surface area contributed by atoms with Gasteiger partial charge in [0, 0.05) is 41.6 Å². The molecule has 0 spiro atoms. The Hall–Kier alpha value is -3.52. The molecule has 1 aromatic heterocycles. The first-order chi connectivity index (χ1) is 18.9. The monoisotopic (exact) mass is 540 g/mol. The van der Waals surface area contributed by atoms with E-state index < -0.39 is 16.1 Å². The van der Waals surface area contributed by atoms with Crippen LogP contribution in [-0.4, -0.2) is 42.1 Å². The number of pyridine rings is 1. The van der Waals surface area contributed by atoms with Crippen molar-refractivity contribution < 1.29 is 18.0 Å². The second kappa shape index (κ2) is 10.2. The van der Waals surface area contributed by atoms with E-state index in [4.69, 9.17) is 0 Å². The smallest absolute Gasteiger partial charge is 0.262 e. The number of piperidine rings is 3. The molecule has 0 radical (unpaired) electrons. The Kier molecular flexibility index (Phi) is 6.75. The van der Waals surface area contributed by atoms with E-state index in [0.29, 0.717) is 28.6 Å². The van der Waals surface area contributed by atoms with Gasteiger partial charge in [0.15, 0.2) is 0 Å². The van der Waals surface area contributed by atoms with E-state index in [0.717, 1.165) is 48.0 Å². The van der Waals surface area contributed by atoms with Crippen molar-refractivity contribution in [1.29, 1.82) is 0 Å². The second-order valence-electron chi connectivity index (χ2n) is 11.0. The number of para-hydroxylation sites is 2. The number of benzene rings is 3. The molecular formula is C32H34N3O3S+. The van der Waals surface area contributed by atoms with E-state index >= 15 is 0 Å². The molecule has 0 aliphatic carbocycles. The average Bonchev–Trinajstić information content (AvgIpc) is 2.97. The summed E-state index contributed by atoms with van der Waals surface area (Å²) in [7, 11) is -3.81. The number of fused-ring (bicyclic) bond motifs is 4. The summed E-state index contributed by atoms with van der Waals surface area (Å²) in [5.41, 5.74) is 3.05. The zero-order valence-corrected chi connectivity index (χ0v) is 22.7. The summed E-state index contributed by atoms with van der Waals surface area (Å²) in [4.78, 5) is 4.78. The SMILES string of the molecule is C=CC1C[N+]2(Cc3ccccc3S(=O)(=O)Nc3ccccc3)CCC1C[C@H]2[C@H](O)c1ccnc2ccccc12. The van der Waals surface area contributed by atoms with Crippen molar-refractivity contribution in [2.75, 3.05) is 17.8 Å². The van der Waals surface area contributed by atoms with Crippen LogP contribution < -0.4 is 4.72 Å². The highest BCUT2D eigenvalue weighted by Crippen LogP contribution is 2.48. The molecule has 39 heavy (non-hydrogen) atoms. The number of hydrogen-bond donors (Lipinski definition) is 2. The molecule has 3 unspecified atom stereocenters. The number of aromatic nitrogens is 1. The Bertz CT molecular complexity index is 1600. The summed E-state index contributed by atoms with van der Waals surface area (Å²) in [6.07, 6.45) is 5.03. The minimum atomic E-state index is -3.81. The summed E-state index contributed by atoms with van der Waals surface area (Å²) in [6, 6.07) is 26.0. The van der Waals surface area contributed by atoms with Crippen molar-refractivity contribution in [1.82, 2.24) is 4.98 Å². The van der Waals surface area contributed by atoms with Crippen molar-refractivity contribution in [3.8, 4) is 0 Å². The van der Waals surface area contributed by atoms with Gasteiger partial charge in [0.1, 0.15) is 18.7 Å². The third-order valence-electron chi connectivity index (χ3n) is 8.81. The lowest BCUT2D eigenvalue weighted by Crippen LogP contribution is -2.67. The maximum atomic E-state index is 13.6. The number of sulfonamides is 1. The van der Waals surface area contributed by atoms with E-state index in [1.54, 1.807) is 30.5 Å². The zero-order valence-electron chi connectivity index (χ0n) is 21.9. The predicted octanol–water partition coefficient (Wildman–Crippen LogP) is 5.68. The third-order valence-corrected chi connectivity index (χ3v) is 10.3. The lowest BCUT2D eigenvalue weighted by molar-refractivity contribution is -0.985. The molecular weight excluding hydrogens is 506 g/mol. The van der Waals surface area contributed by atoms with Crippen LogP contribution in [0.25, 0.3) is 10.9 Å². The Labute approximate surface area is 230 Å². The van der Waals surface area contributed by atoms with Gasteiger partial charge in [-0.15, -0.1) is 6.58 Å². The molecule has 0 saturated carbocycles. The molecule has 2 N–H and O–H groups in total. The number of anilines is 1. The molecule has 3 fully saturated rings. The molecule has 7 heteroatoms. The maximum Gasteiger partial charge on any atom is 0.262 e. The van der Waals surface area contributed by atoms with Crippen LogP contribution in [0.2, 0.25) is 0 Å². The summed E-state index contributed by atoms with van der Waals surface area (Å²) < 4.78 is 30.5. The van der Waals surface area contributed by atoms with Gasteiger partial charge < -0.3 is 9.59 Å². The van der Waals surface area contributed by atoms with E-state index in [9.17, 15) is 13.5 Å². The molecule has 3 aromatic carbocycles. The normalized spacial score (nSPS) is 25.3. The lowest BCUT2D eigenvalue weighted by Gasteiger charge is -2.58. The minimum absolute atomic E-state index is 0.0661. The number of nitrogens with zero attached hydrogens (tertiary/aromatic N) is 2. The topological polar surface area (TPSA) is 79.3 Å². The number of rotatable bonds is 8. The Morgan fingerprint density at radius 1 is 1.03 bits per heavy atom. The third kappa shape index (κ3) is 4.75. The van der Waals surface area contributed by atoms with Crippen LogP contribution in [0.15, 0.2) is 109 Å². The molecule has 3 aliphatic heterocycles. The highest BCUT2D eigenvalue weighted by atomic mass is 32.2. The number of quaternary nitrogens is 1. The van der Waals surface area contributed by atoms with E-state index in [1.165, 1.54) is 0 Å². The molecule has 3 saturated heterocycles. The molecule has 6 nitrogen and oxygen atoms in total. The Morgan fingerprint density at radius 3 is 2.59 bits per heavy atom. The van der Waals surface area contributed by atoms with Crippen LogP contribution in [-0.2, 0) is 16.6 Å². The molecule has 0 amide bonds. The molecule has 4 aromatic rings. The van der Waals surface area contributed by atoms with Crippen LogP contribution in [0, 0.1) is 11.8 Å². The number of nitrogens with one attached hydrogen (secondary N) is 1. The largest absolute Gasteiger partial charge is 0.382 e. The lowest BCUT2D eigenvalue weighted by atomic mass is 9.71. The fraction of sp³-hybridized carbons (Fsp3) is 0.281. The highest BCUT2D eigenvalue weighted by molar-refractivity contribution is 7.92. The van der Waals surface area contributed by atoms with Crippen molar-refractivity contribution in [2.24, 2.45) is 11.8 Å². The molecule has 7 rings (SSSR count). The van der Waals surface area contributed by atoms with Gasteiger partial charge >= 0.3 is 0 Å². The Balaban J connectivity index is 1.39. The Morgan fingerprint density at radius 2 is 1.77 bits per heavy atom. The number of aliphatic hydroxyl groups excluding tert-OH is 1. The van der Waals surface area contributed by atoms with E-state index in [2.05, 4.69) is 22.4 Å². The van der Waals surface area contributed by atoms with E-state index in [-0.39, 0.29) is 10.9 Å². The quantitative estimate of drug-likeness (QED) is 0.223. The molecule has 200 valence electrons. The zero-order chi connectivity index (χ0) is 27.0. The molecule has 4 heterocycles. The van der Waals surface area contributed by atoms with Crippen molar-refractivity contribution in [3.63, 3.8) is 0 Å². The van der Waals surface area contributed by atoms with Crippen LogP contribution in [0.1, 0.15) is 30.1 Å². The van der Waals surface area contributed by atoms with Gasteiger partial charge in [-0.1, -0.05) is 60.7 Å². The van der Waals surface area contributed by atoms with Crippen LogP contribution in [0.5, 0.6) is 0 Å². The number of aliphatic hydroxyl groups is 1. The summed E-state index contributed by atoms with van der Waals surface area (Å²) >= 11 is 0. The highest BCUT2D eigenvalue weighted by Gasteiger charge is 2.54. The molecule has 2 bridgehead atoms. The summed E-state index contributed by atoms with van der Waals surface area (Å²) in [6.45, 7) is 6.37. The number of hydrogen-bond acceptors (Lipinski definition) is 4. The van der Waals surface area contributed by atoms with E-state index in [1.807, 2.05) is 60.7 Å². The summed E-state index contributed by atoms with van der Waals surface area (Å²) in [5, 5.41) is 13.0. The van der Waals surface area contributed by atoms with Gasteiger partial charge in [-0.25, -0.2) is 8.42 Å². The van der Waals surface area contributed by atoms with Gasteiger partial charge in [-0.05, 0) is 41.8 Å². The van der Waals surface area contributed by atoms with Crippen LogP contribution >= 0.6 is 0 Å². The van der Waals surface area contributed by atoms with Gasteiger partial charge in [0.2, 0.25) is 0 Å². The van der Waals surface area contributed by atoms with Crippen LogP contribution in [0.3, 0.4) is 0 Å². The maximum absolute atomic E-state index is 13.6. The van der Waals surface area contributed by atoms with Crippen molar-refractivity contribution in [3.05, 3.63) is 115 Å². The van der Waals surface area contributed by atoms with Gasteiger partial charge in [-0.2, -0.15) is 0 Å². The fourth-order valence-electron chi connectivity index (χ4n) is 6.92. The predicted molar refractivity (Wildman–Crippen MR) is 154 cm³/mol. The summed E-state index contributed by atoms with van der Waals surface area (Å²) in [5.74, 6) is 0.802. The van der Waals surface area contributed by atoms with Gasteiger partial charge in [0.05, 0.1) is 23.5 Å². The van der Waals surface area contributed by atoms with Gasteiger partial charge in [-0.3, -0.25) is 9.71 Å². The first-order valence-electron chi connectivity index (χ1n) is 13.6. The van der Waals surface area contributed by atoms with Gasteiger partial charge in [0.25, 0.3) is 10.0 Å². The molecule has 5 atom stereocenters. The molecule has 3 aliphatic rings.